The SMILES string of the molecule is Cc1c(C(=O)OCC(=O)N(CCC#N)c2ccccc2F)cccc1[N+](=O)[O-]. The molecule has 0 aliphatic rings. The van der Waals surface area contributed by atoms with Crippen LogP contribution >= 0.6 is 0 Å². The first-order valence-corrected chi connectivity index (χ1v) is 8.19. The number of carbonyl (C=O) groups excluding carboxylic acids is 2. The molecule has 1 amide bonds. The molecule has 0 bridgehead atoms. The van der Waals surface area contributed by atoms with Crippen LogP contribution < -0.4 is 4.90 Å². The minimum absolute atomic E-state index is 0.0367. The average Bonchev–Trinajstić information content (AvgIpc) is 2.67. The summed E-state index contributed by atoms with van der Waals surface area (Å²) in [6.07, 6.45) is -0.0436. The van der Waals surface area contributed by atoms with Gasteiger partial charge in [0.1, 0.15) is 5.82 Å². The van der Waals surface area contributed by atoms with Gasteiger partial charge in [-0.3, -0.25) is 14.9 Å². The number of hydrogen-bond acceptors (Lipinski definition) is 6. The van der Waals surface area contributed by atoms with Crippen molar-refractivity contribution < 1.29 is 23.6 Å². The summed E-state index contributed by atoms with van der Waals surface area (Å²) in [5.74, 6) is -2.30. The molecule has 144 valence electrons. The number of nitrogens with zero attached hydrogens (tertiary/aromatic N) is 3. The molecule has 0 atom stereocenters. The minimum Gasteiger partial charge on any atom is -0.452 e. The zero-order valence-corrected chi connectivity index (χ0v) is 14.9. The molecule has 0 aromatic heterocycles. The fourth-order valence-corrected chi connectivity index (χ4v) is 2.54. The summed E-state index contributed by atoms with van der Waals surface area (Å²) in [7, 11) is 0. The van der Waals surface area contributed by atoms with Crippen molar-refractivity contribution in [3.8, 4) is 6.07 Å². The highest BCUT2D eigenvalue weighted by molar-refractivity contribution is 5.98. The molecule has 9 heteroatoms. The molecule has 2 aromatic rings. The van der Waals surface area contributed by atoms with Crippen molar-refractivity contribution in [2.75, 3.05) is 18.1 Å². The first-order chi connectivity index (χ1) is 13.4. The largest absolute Gasteiger partial charge is 0.452 e. The summed E-state index contributed by atoms with van der Waals surface area (Å²) >= 11 is 0. The van der Waals surface area contributed by atoms with E-state index in [1.807, 2.05) is 6.07 Å². The van der Waals surface area contributed by atoms with Crippen molar-refractivity contribution in [1.82, 2.24) is 0 Å². The van der Waals surface area contributed by atoms with Crippen LogP contribution in [0, 0.1) is 34.2 Å². The fourth-order valence-electron chi connectivity index (χ4n) is 2.54. The third kappa shape index (κ3) is 4.67. The van der Waals surface area contributed by atoms with Gasteiger partial charge in [-0.15, -0.1) is 0 Å². The molecule has 0 saturated carbocycles. The maximum Gasteiger partial charge on any atom is 0.339 e. The molecule has 2 aromatic carbocycles. The number of amides is 1. The van der Waals surface area contributed by atoms with Crippen molar-refractivity contribution in [2.45, 2.75) is 13.3 Å². The topological polar surface area (TPSA) is 114 Å². The smallest absolute Gasteiger partial charge is 0.339 e. The summed E-state index contributed by atoms with van der Waals surface area (Å²) in [4.78, 5) is 36.1. The first-order valence-electron chi connectivity index (χ1n) is 8.19. The summed E-state index contributed by atoms with van der Waals surface area (Å²) < 4.78 is 19.0. The molecule has 0 unspecified atom stereocenters. The zero-order chi connectivity index (χ0) is 20.7. The van der Waals surface area contributed by atoms with Crippen LogP contribution in [0.3, 0.4) is 0 Å². The standard InChI is InChI=1S/C19H16FN3O5/c1-13-14(6-4-9-16(13)23(26)27)19(25)28-12-18(24)22(11-5-10-21)17-8-3-2-7-15(17)20/h2-4,6-9H,5,11-12H2,1H3. The predicted octanol–water partition coefficient (Wildman–Crippen LogP) is 3.15. The highest BCUT2D eigenvalue weighted by atomic mass is 19.1. The summed E-state index contributed by atoms with van der Waals surface area (Å²) in [6, 6.07) is 11.3. The van der Waals surface area contributed by atoms with E-state index < -0.39 is 29.2 Å². The van der Waals surface area contributed by atoms with Crippen LogP contribution in [0.5, 0.6) is 0 Å². The number of benzene rings is 2. The number of halogens is 1. The van der Waals surface area contributed by atoms with Gasteiger partial charge in [0.2, 0.25) is 0 Å². The third-order valence-corrected chi connectivity index (χ3v) is 3.94. The van der Waals surface area contributed by atoms with Gasteiger partial charge in [-0.2, -0.15) is 5.26 Å². The van der Waals surface area contributed by atoms with Crippen molar-refractivity contribution in [3.05, 3.63) is 69.5 Å². The Kier molecular flexibility index (Phi) is 6.76. The maximum atomic E-state index is 14.0. The van der Waals surface area contributed by atoms with Crippen molar-refractivity contribution in [1.29, 1.82) is 5.26 Å². The molecule has 0 radical (unpaired) electrons. The van der Waals surface area contributed by atoms with Crippen LogP contribution in [0.2, 0.25) is 0 Å². The fraction of sp³-hybridized carbons (Fsp3) is 0.211. The van der Waals surface area contributed by atoms with Crippen molar-refractivity contribution >= 4 is 23.3 Å². The van der Waals surface area contributed by atoms with Crippen LogP contribution in [-0.2, 0) is 9.53 Å². The molecule has 8 nitrogen and oxygen atoms in total. The van der Waals surface area contributed by atoms with Gasteiger partial charge in [0, 0.05) is 18.2 Å². The Bertz CT molecular complexity index is 955. The van der Waals surface area contributed by atoms with Crippen LogP contribution in [-0.4, -0.2) is 30.0 Å². The Morgan fingerprint density at radius 3 is 2.61 bits per heavy atom. The van der Waals surface area contributed by atoms with Gasteiger partial charge < -0.3 is 9.64 Å². The highest BCUT2D eigenvalue weighted by Gasteiger charge is 2.23. The Balaban J connectivity index is 2.16. The van der Waals surface area contributed by atoms with E-state index in [9.17, 15) is 24.1 Å². The summed E-state index contributed by atoms with van der Waals surface area (Å²) in [5.41, 5.74) is -0.218. The Hall–Kier alpha value is -3.80. The monoisotopic (exact) mass is 385 g/mol. The number of nitriles is 1. The third-order valence-electron chi connectivity index (χ3n) is 3.94. The second-order valence-electron chi connectivity index (χ2n) is 5.69. The molecule has 0 N–H and O–H groups in total. The predicted molar refractivity (Wildman–Crippen MR) is 97.1 cm³/mol. The molecule has 0 aliphatic heterocycles. The lowest BCUT2D eigenvalue weighted by Gasteiger charge is -2.22. The van der Waals surface area contributed by atoms with Gasteiger partial charge in [0.25, 0.3) is 11.6 Å². The van der Waals surface area contributed by atoms with Crippen LogP contribution in [0.1, 0.15) is 22.3 Å². The normalized spacial score (nSPS) is 10.0. The molecule has 2 rings (SSSR count). The van der Waals surface area contributed by atoms with E-state index in [0.29, 0.717) is 0 Å². The van der Waals surface area contributed by atoms with Crippen LogP contribution in [0.15, 0.2) is 42.5 Å². The molecule has 0 spiro atoms. The van der Waals surface area contributed by atoms with E-state index in [0.717, 1.165) is 4.90 Å². The summed E-state index contributed by atoms with van der Waals surface area (Å²) in [6.45, 7) is 0.611. The Labute approximate surface area is 159 Å². The molecule has 0 fully saturated rings. The number of ether oxygens (including phenoxy) is 1. The maximum absolute atomic E-state index is 14.0. The van der Waals surface area contributed by atoms with Crippen molar-refractivity contribution in [3.63, 3.8) is 0 Å². The van der Waals surface area contributed by atoms with Crippen molar-refractivity contribution in [2.24, 2.45) is 0 Å². The lowest BCUT2D eigenvalue weighted by molar-refractivity contribution is -0.385. The molecule has 0 aliphatic carbocycles. The van der Waals surface area contributed by atoms with Crippen LogP contribution in [0.4, 0.5) is 15.8 Å². The van der Waals surface area contributed by atoms with Gasteiger partial charge in [-0.25, -0.2) is 9.18 Å². The lowest BCUT2D eigenvalue weighted by atomic mass is 10.1. The Morgan fingerprint density at radius 2 is 1.96 bits per heavy atom. The van der Waals surface area contributed by atoms with E-state index in [1.165, 1.54) is 49.4 Å². The number of esters is 1. The van der Waals surface area contributed by atoms with E-state index in [-0.39, 0.29) is 35.5 Å². The van der Waals surface area contributed by atoms with Gasteiger partial charge in [0.15, 0.2) is 6.61 Å². The first kappa shape index (κ1) is 20.5. The number of anilines is 1. The zero-order valence-electron chi connectivity index (χ0n) is 14.9. The van der Waals surface area contributed by atoms with Crippen LogP contribution in [0.25, 0.3) is 0 Å². The number of carbonyl (C=O) groups is 2. The second-order valence-corrected chi connectivity index (χ2v) is 5.69. The summed E-state index contributed by atoms with van der Waals surface area (Å²) in [5, 5.41) is 19.7. The molecule has 0 heterocycles. The molecular weight excluding hydrogens is 369 g/mol. The van der Waals surface area contributed by atoms with Gasteiger partial charge >= 0.3 is 5.97 Å². The van der Waals surface area contributed by atoms with Gasteiger partial charge in [0.05, 0.1) is 28.7 Å². The van der Waals surface area contributed by atoms with E-state index in [4.69, 9.17) is 10.00 Å². The Morgan fingerprint density at radius 1 is 1.25 bits per heavy atom. The number of rotatable bonds is 7. The van der Waals surface area contributed by atoms with Gasteiger partial charge in [-0.1, -0.05) is 18.2 Å². The molecular formula is C19H16FN3O5. The van der Waals surface area contributed by atoms with E-state index in [2.05, 4.69) is 0 Å². The molecule has 28 heavy (non-hydrogen) atoms. The molecule has 0 saturated heterocycles. The van der Waals surface area contributed by atoms with Gasteiger partial charge in [-0.05, 0) is 25.1 Å². The average molecular weight is 385 g/mol. The second kappa shape index (κ2) is 9.23. The van der Waals surface area contributed by atoms with E-state index >= 15 is 0 Å². The quantitative estimate of drug-likeness (QED) is 0.411. The number of para-hydroxylation sites is 1. The van der Waals surface area contributed by atoms with E-state index in [1.54, 1.807) is 0 Å². The minimum atomic E-state index is -0.914. The highest BCUT2D eigenvalue weighted by Crippen LogP contribution is 2.22. The number of nitro benzene ring substituents is 1. The number of hydrogen-bond donors (Lipinski definition) is 0. The number of nitro groups is 1. The lowest BCUT2D eigenvalue weighted by Crippen LogP contribution is -2.36.